The summed E-state index contributed by atoms with van der Waals surface area (Å²) in [4.78, 5) is 38.5. The zero-order valence-electron chi connectivity index (χ0n) is 20.7. The molecule has 0 atom stereocenters. The van der Waals surface area contributed by atoms with Crippen LogP contribution in [0.4, 0.5) is 9.59 Å². The molecule has 0 aromatic heterocycles. The van der Waals surface area contributed by atoms with E-state index in [0.29, 0.717) is 44.5 Å². The number of carbonyl (C=O) groups is 3. The molecular weight excluding hydrogens is 482 g/mol. The van der Waals surface area contributed by atoms with E-state index in [1.165, 1.54) is 15.6 Å². The maximum atomic E-state index is 12.7. The SMILES string of the molecule is O=C(NC1CCCCCCC1)NS(=O)(=O)N1CCC(CCNC(=O)N2Cc3ccccc3C2=O)CC1. The van der Waals surface area contributed by atoms with Crippen LogP contribution in [0.3, 0.4) is 0 Å². The van der Waals surface area contributed by atoms with Crippen LogP contribution in [0.25, 0.3) is 0 Å². The molecule has 4 rings (SSSR count). The minimum atomic E-state index is -3.89. The van der Waals surface area contributed by atoms with Gasteiger partial charge in [-0.3, -0.25) is 9.69 Å². The molecule has 1 saturated heterocycles. The van der Waals surface area contributed by atoms with Crippen LogP contribution in [0.1, 0.15) is 80.1 Å². The maximum absolute atomic E-state index is 12.7. The summed E-state index contributed by atoms with van der Waals surface area (Å²) >= 11 is 0. The number of piperidine rings is 1. The molecule has 11 heteroatoms. The molecule has 5 amide bonds. The Morgan fingerprint density at radius 2 is 1.61 bits per heavy atom. The third-order valence-corrected chi connectivity index (χ3v) is 8.96. The summed E-state index contributed by atoms with van der Waals surface area (Å²) in [5.74, 6) is -0.0281. The van der Waals surface area contributed by atoms with Crippen molar-refractivity contribution in [2.24, 2.45) is 5.92 Å². The van der Waals surface area contributed by atoms with Gasteiger partial charge in [0.15, 0.2) is 0 Å². The molecule has 1 aromatic rings. The van der Waals surface area contributed by atoms with E-state index in [0.717, 1.165) is 44.1 Å². The Bertz CT molecular complexity index is 1050. The predicted molar refractivity (Wildman–Crippen MR) is 135 cm³/mol. The van der Waals surface area contributed by atoms with E-state index < -0.39 is 22.3 Å². The van der Waals surface area contributed by atoms with Gasteiger partial charge in [-0.25, -0.2) is 14.3 Å². The number of imide groups is 1. The number of carbonyl (C=O) groups excluding carboxylic acids is 3. The number of urea groups is 2. The Hall–Kier alpha value is -2.66. The molecule has 10 nitrogen and oxygen atoms in total. The van der Waals surface area contributed by atoms with Gasteiger partial charge in [0.05, 0.1) is 6.54 Å². The molecule has 2 heterocycles. The molecule has 1 aliphatic carbocycles. The first-order valence-corrected chi connectivity index (χ1v) is 14.5. The highest BCUT2D eigenvalue weighted by molar-refractivity contribution is 7.87. The van der Waals surface area contributed by atoms with E-state index in [4.69, 9.17) is 0 Å². The molecule has 3 aliphatic rings. The number of benzene rings is 1. The summed E-state index contributed by atoms with van der Waals surface area (Å²) in [5.41, 5.74) is 1.41. The van der Waals surface area contributed by atoms with E-state index in [1.807, 2.05) is 12.1 Å². The summed E-state index contributed by atoms with van der Waals surface area (Å²) in [6, 6.07) is 6.17. The van der Waals surface area contributed by atoms with E-state index >= 15 is 0 Å². The Labute approximate surface area is 213 Å². The van der Waals surface area contributed by atoms with E-state index in [9.17, 15) is 22.8 Å². The van der Waals surface area contributed by atoms with Crippen molar-refractivity contribution in [2.75, 3.05) is 19.6 Å². The third-order valence-electron chi connectivity index (χ3n) is 7.47. The van der Waals surface area contributed by atoms with Crippen molar-refractivity contribution in [3.63, 3.8) is 0 Å². The lowest BCUT2D eigenvalue weighted by molar-refractivity contribution is 0.0820. The largest absolute Gasteiger partial charge is 0.338 e. The lowest BCUT2D eigenvalue weighted by Crippen LogP contribution is -2.51. The van der Waals surface area contributed by atoms with Crippen molar-refractivity contribution < 1.29 is 22.8 Å². The number of nitrogens with one attached hydrogen (secondary N) is 3. The molecule has 2 aliphatic heterocycles. The van der Waals surface area contributed by atoms with E-state index in [1.54, 1.807) is 12.1 Å². The Kier molecular flexibility index (Phi) is 8.84. The number of fused-ring (bicyclic) bond motifs is 1. The molecule has 0 unspecified atom stereocenters. The molecular formula is C25H37N5O5S. The molecule has 2 fully saturated rings. The Morgan fingerprint density at radius 3 is 2.31 bits per heavy atom. The molecule has 3 N–H and O–H groups in total. The number of rotatable bonds is 6. The normalized spacial score (nSPS) is 20.3. The fraction of sp³-hybridized carbons (Fsp3) is 0.640. The summed E-state index contributed by atoms with van der Waals surface area (Å²) in [7, 11) is -3.89. The quantitative estimate of drug-likeness (QED) is 0.532. The summed E-state index contributed by atoms with van der Waals surface area (Å²) in [5, 5.41) is 5.66. The average molecular weight is 520 g/mol. The zero-order chi connectivity index (χ0) is 25.5. The van der Waals surface area contributed by atoms with Crippen LogP contribution in [0.15, 0.2) is 24.3 Å². The number of amides is 5. The van der Waals surface area contributed by atoms with Gasteiger partial charge in [0.2, 0.25) is 0 Å². The molecule has 0 bridgehead atoms. The van der Waals surface area contributed by atoms with Gasteiger partial charge in [-0.1, -0.05) is 50.3 Å². The molecule has 0 spiro atoms. The van der Waals surface area contributed by atoms with Gasteiger partial charge >= 0.3 is 22.3 Å². The highest BCUT2D eigenvalue weighted by Gasteiger charge is 2.32. The first-order valence-electron chi connectivity index (χ1n) is 13.1. The smallest absolute Gasteiger partial charge is 0.329 e. The number of hydrogen-bond donors (Lipinski definition) is 3. The molecule has 1 saturated carbocycles. The summed E-state index contributed by atoms with van der Waals surface area (Å²) in [6.07, 6.45) is 9.39. The van der Waals surface area contributed by atoms with E-state index in [-0.39, 0.29) is 24.4 Å². The second kappa shape index (κ2) is 12.1. The predicted octanol–water partition coefficient (Wildman–Crippen LogP) is 3.11. The second-order valence-corrected chi connectivity index (χ2v) is 11.7. The second-order valence-electron chi connectivity index (χ2n) is 10.0. The first kappa shape index (κ1) is 26.4. The van der Waals surface area contributed by atoms with E-state index in [2.05, 4.69) is 15.4 Å². The third kappa shape index (κ3) is 6.76. The Balaban J connectivity index is 1.15. The molecule has 1 aromatic carbocycles. The number of nitrogens with zero attached hydrogens (tertiary/aromatic N) is 2. The fourth-order valence-electron chi connectivity index (χ4n) is 5.33. The molecule has 0 radical (unpaired) electrons. The van der Waals surface area contributed by atoms with Gasteiger partial charge in [0.1, 0.15) is 0 Å². The van der Waals surface area contributed by atoms with Gasteiger partial charge in [0.25, 0.3) is 5.91 Å². The van der Waals surface area contributed by atoms with Crippen molar-refractivity contribution in [1.82, 2.24) is 24.6 Å². The van der Waals surface area contributed by atoms with Crippen molar-refractivity contribution in [3.05, 3.63) is 35.4 Å². The minimum absolute atomic E-state index is 0.0199. The number of hydrogen-bond acceptors (Lipinski definition) is 5. The van der Waals surface area contributed by atoms with Gasteiger partial charge in [-0.05, 0) is 49.7 Å². The van der Waals surface area contributed by atoms with Crippen molar-refractivity contribution >= 4 is 28.2 Å². The first-order chi connectivity index (χ1) is 17.3. The molecule has 198 valence electrons. The fourth-order valence-corrected chi connectivity index (χ4v) is 6.45. The maximum Gasteiger partial charge on any atom is 0.329 e. The monoisotopic (exact) mass is 519 g/mol. The average Bonchev–Trinajstić information content (AvgIpc) is 3.17. The van der Waals surface area contributed by atoms with Gasteiger partial charge in [0, 0.05) is 31.2 Å². The topological polar surface area (TPSA) is 128 Å². The standard InChI is InChI=1S/C25H37N5O5S/c31-23-22-11-7-6-8-20(22)18-30(23)25(33)26-15-12-19-13-16-29(17-14-19)36(34,35)28-24(32)27-21-9-4-2-1-3-5-10-21/h6-8,11,19,21H,1-5,9-10,12-18H2,(H,26,33)(H2,27,28,32). The summed E-state index contributed by atoms with van der Waals surface area (Å²) in [6.45, 7) is 1.34. The highest BCUT2D eigenvalue weighted by atomic mass is 32.2. The van der Waals surface area contributed by atoms with Crippen molar-refractivity contribution in [1.29, 1.82) is 0 Å². The highest BCUT2D eigenvalue weighted by Crippen LogP contribution is 2.24. The van der Waals surface area contributed by atoms with Crippen molar-refractivity contribution in [3.8, 4) is 0 Å². The van der Waals surface area contributed by atoms with Crippen LogP contribution in [0.2, 0.25) is 0 Å². The Morgan fingerprint density at radius 1 is 0.944 bits per heavy atom. The molecule has 36 heavy (non-hydrogen) atoms. The lowest BCUT2D eigenvalue weighted by atomic mass is 9.95. The van der Waals surface area contributed by atoms with Crippen LogP contribution in [-0.2, 0) is 16.8 Å². The van der Waals surface area contributed by atoms with Crippen LogP contribution in [0.5, 0.6) is 0 Å². The van der Waals surface area contributed by atoms with Crippen LogP contribution >= 0.6 is 0 Å². The minimum Gasteiger partial charge on any atom is -0.338 e. The van der Waals surface area contributed by atoms with Crippen molar-refractivity contribution in [2.45, 2.75) is 76.8 Å². The summed E-state index contributed by atoms with van der Waals surface area (Å²) < 4.78 is 28.9. The van der Waals surface area contributed by atoms with Gasteiger partial charge < -0.3 is 10.6 Å². The van der Waals surface area contributed by atoms with Crippen LogP contribution in [-0.4, -0.2) is 61.3 Å². The van der Waals surface area contributed by atoms with Gasteiger partial charge in [-0.2, -0.15) is 12.7 Å². The lowest BCUT2D eigenvalue weighted by Gasteiger charge is -2.31. The van der Waals surface area contributed by atoms with Gasteiger partial charge in [-0.15, -0.1) is 0 Å². The van der Waals surface area contributed by atoms with Crippen LogP contribution in [0, 0.1) is 5.92 Å². The van der Waals surface area contributed by atoms with Crippen LogP contribution < -0.4 is 15.4 Å². The zero-order valence-corrected chi connectivity index (χ0v) is 21.5.